The highest BCUT2D eigenvalue weighted by Crippen LogP contribution is 2.08. The number of hydrogen-bond donors (Lipinski definition) is 3. The third-order valence-corrected chi connectivity index (χ3v) is 3.62. The predicted octanol–water partition coefficient (Wildman–Crippen LogP) is 0.220. The Morgan fingerprint density at radius 2 is 2.08 bits per heavy atom. The number of imidazole rings is 1. The molecular weight excluding hydrogens is 324 g/mol. The zero-order chi connectivity index (χ0) is 17.6. The van der Waals surface area contributed by atoms with E-state index in [-0.39, 0.29) is 29.9 Å². The van der Waals surface area contributed by atoms with Crippen LogP contribution in [0.2, 0.25) is 0 Å². The van der Waals surface area contributed by atoms with Crippen LogP contribution in [-0.2, 0) is 22.8 Å². The zero-order valence-corrected chi connectivity index (χ0v) is 13.6. The van der Waals surface area contributed by atoms with Crippen molar-refractivity contribution in [1.82, 2.24) is 19.5 Å². The predicted molar refractivity (Wildman–Crippen MR) is 92.6 cm³/mol. The van der Waals surface area contributed by atoms with Crippen LogP contribution in [0.3, 0.4) is 0 Å². The van der Waals surface area contributed by atoms with E-state index in [0.717, 1.165) is 5.56 Å². The van der Waals surface area contributed by atoms with Crippen molar-refractivity contribution < 1.29 is 9.47 Å². The fourth-order valence-electron chi connectivity index (χ4n) is 2.32. The molecule has 0 aliphatic carbocycles. The summed E-state index contributed by atoms with van der Waals surface area (Å²) in [5.74, 6) is 0.0285. The minimum Gasteiger partial charge on any atom is -0.374 e. The van der Waals surface area contributed by atoms with Gasteiger partial charge in [-0.3, -0.25) is 14.3 Å². The molecule has 2 aromatic heterocycles. The maximum absolute atomic E-state index is 11.8. The van der Waals surface area contributed by atoms with Gasteiger partial charge in [0, 0.05) is 6.54 Å². The molecule has 5 N–H and O–H groups in total. The Morgan fingerprint density at radius 1 is 1.28 bits per heavy atom. The molecule has 0 spiro atoms. The van der Waals surface area contributed by atoms with Gasteiger partial charge in [0.2, 0.25) is 5.95 Å². The molecule has 1 aromatic carbocycles. The number of fused-ring (bicyclic) bond motifs is 1. The van der Waals surface area contributed by atoms with Gasteiger partial charge in [0.15, 0.2) is 11.2 Å². The first-order chi connectivity index (χ1) is 12.2. The smallest absolute Gasteiger partial charge is 0.280 e. The first kappa shape index (κ1) is 17.1. The van der Waals surface area contributed by atoms with E-state index in [9.17, 15) is 4.79 Å². The maximum atomic E-state index is 11.8. The maximum Gasteiger partial charge on any atom is 0.280 e. The van der Waals surface area contributed by atoms with Gasteiger partial charge in [-0.15, -0.1) is 0 Å². The highest BCUT2D eigenvalue weighted by atomic mass is 16.5. The minimum absolute atomic E-state index is 0.0285. The fourth-order valence-corrected chi connectivity index (χ4v) is 2.32. The number of ether oxygens (including phenoxy) is 2. The number of rotatable bonds is 8. The van der Waals surface area contributed by atoms with Gasteiger partial charge in [-0.05, 0) is 5.56 Å². The van der Waals surface area contributed by atoms with Gasteiger partial charge in [-0.2, -0.15) is 4.98 Å². The molecule has 3 aromatic rings. The SMILES string of the molecule is NCC(COCc1ccccc1)OCn1cnc2c(=O)[nH]c(N)nc21. The summed E-state index contributed by atoms with van der Waals surface area (Å²) in [6.07, 6.45) is 1.19. The molecular formula is C16H20N6O3. The third-order valence-electron chi connectivity index (χ3n) is 3.62. The lowest BCUT2D eigenvalue weighted by atomic mass is 10.2. The lowest BCUT2D eigenvalue weighted by Crippen LogP contribution is -2.29. The number of nitrogen functional groups attached to an aromatic ring is 1. The standard InChI is InChI=1S/C16H20N6O3/c17-6-12(8-24-7-11-4-2-1-3-5-11)25-10-22-9-19-13-14(22)20-16(18)21-15(13)23/h1-5,9,12H,6-8,10,17H2,(H3,18,20,21,23). The molecule has 2 heterocycles. The molecule has 0 aliphatic rings. The topological polar surface area (TPSA) is 134 Å². The van der Waals surface area contributed by atoms with Crippen molar-refractivity contribution in [2.75, 3.05) is 18.9 Å². The molecule has 3 rings (SSSR count). The van der Waals surface area contributed by atoms with E-state index in [4.69, 9.17) is 20.9 Å². The Labute approximate surface area is 143 Å². The van der Waals surface area contributed by atoms with Gasteiger partial charge in [0.1, 0.15) is 6.73 Å². The van der Waals surface area contributed by atoms with Crippen LogP contribution in [0.1, 0.15) is 5.56 Å². The normalized spacial score (nSPS) is 12.5. The van der Waals surface area contributed by atoms with E-state index in [2.05, 4.69) is 15.0 Å². The van der Waals surface area contributed by atoms with Gasteiger partial charge in [0.05, 0.1) is 25.6 Å². The average molecular weight is 344 g/mol. The first-order valence-electron chi connectivity index (χ1n) is 7.81. The summed E-state index contributed by atoms with van der Waals surface area (Å²) in [6.45, 7) is 1.29. The summed E-state index contributed by atoms with van der Waals surface area (Å²) < 4.78 is 13.0. The third kappa shape index (κ3) is 4.21. The molecule has 132 valence electrons. The van der Waals surface area contributed by atoms with Crippen LogP contribution in [-0.4, -0.2) is 38.8 Å². The molecule has 0 bridgehead atoms. The molecule has 0 saturated carbocycles. The quantitative estimate of drug-likeness (QED) is 0.532. The molecule has 0 saturated heterocycles. The second-order valence-corrected chi connectivity index (χ2v) is 5.49. The van der Waals surface area contributed by atoms with Crippen LogP contribution in [0.5, 0.6) is 0 Å². The number of anilines is 1. The molecule has 0 radical (unpaired) electrons. The highest BCUT2D eigenvalue weighted by Gasteiger charge is 2.12. The van der Waals surface area contributed by atoms with E-state index in [0.29, 0.717) is 25.4 Å². The number of H-pyrrole nitrogens is 1. The van der Waals surface area contributed by atoms with Crippen LogP contribution in [0, 0.1) is 0 Å². The van der Waals surface area contributed by atoms with E-state index in [1.54, 1.807) is 4.57 Å². The van der Waals surface area contributed by atoms with Crippen molar-refractivity contribution in [3.8, 4) is 0 Å². The Kier molecular flexibility index (Phi) is 5.39. The second kappa shape index (κ2) is 7.88. The van der Waals surface area contributed by atoms with E-state index in [1.165, 1.54) is 6.33 Å². The molecule has 0 fully saturated rings. The van der Waals surface area contributed by atoms with Crippen LogP contribution in [0.4, 0.5) is 5.95 Å². The first-order valence-corrected chi connectivity index (χ1v) is 7.81. The fraction of sp³-hybridized carbons (Fsp3) is 0.312. The monoisotopic (exact) mass is 344 g/mol. The van der Waals surface area contributed by atoms with Crippen molar-refractivity contribution in [3.05, 3.63) is 52.6 Å². The van der Waals surface area contributed by atoms with Crippen LogP contribution < -0.4 is 17.0 Å². The van der Waals surface area contributed by atoms with Gasteiger partial charge < -0.3 is 20.9 Å². The summed E-state index contributed by atoms with van der Waals surface area (Å²) in [7, 11) is 0. The molecule has 25 heavy (non-hydrogen) atoms. The summed E-state index contributed by atoms with van der Waals surface area (Å²) in [6, 6.07) is 9.85. The second-order valence-electron chi connectivity index (χ2n) is 5.49. The number of nitrogens with two attached hydrogens (primary N) is 2. The molecule has 1 unspecified atom stereocenters. The summed E-state index contributed by atoms with van der Waals surface area (Å²) >= 11 is 0. The summed E-state index contributed by atoms with van der Waals surface area (Å²) in [5.41, 5.74) is 12.6. The van der Waals surface area contributed by atoms with Crippen LogP contribution in [0.15, 0.2) is 41.5 Å². The van der Waals surface area contributed by atoms with E-state index < -0.39 is 0 Å². The molecule has 9 nitrogen and oxygen atoms in total. The Morgan fingerprint density at radius 3 is 2.84 bits per heavy atom. The van der Waals surface area contributed by atoms with Crippen LogP contribution in [0.25, 0.3) is 11.2 Å². The van der Waals surface area contributed by atoms with Crippen molar-refractivity contribution in [2.45, 2.75) is 19.4 Å². The Bertz CT molecular complexity index is 876. The number of aromatic amines is 1. The minimum atomic E-state index is -0.386. The van der Waals surface area contributed by atoms with Crippen molar-refractivity contribution in [2.24, 2.45) is 5.73 Å². The summed E-state index contributed by atoms with van der Waals surface area (Å²) in [5, 5.41) is 0. The van der Waals surface area contributed by atoms with Gasteiger partial charge in [-0.25, -0.2) is 4.98 Å². The number of aromatic nitrogens is 4. The molecule has 0 amide bonds. The number of nitrogens with zero attached hydrogens (tertiary/aromatic N) is 3. The van der Waals surface area contributed by atoms with E-state index in [1.807, 2.05) is 30.3 Å². The Balaban J connectivity index is 1.57. The Hall–Kier alpha value is -2.75. The van der Waals surface area contributed by atoms with E-state index >= 15 is 0 Å². The van der Waals surface area contributed by atoms with Gasteiger partial charge in [0.25, 0.3) is 5.56 Å². The van der Waals surface area contributed by atoms with Crippen molar-refractivity contribution in [1.29, 1.82) is 0 Å². The molecule has 1 atom stereocenters. The lowest BCUT2D eigenvalue weighted by molar-refractivity contribution is -0.0429. The molecule has 0 aliphatic heterocycles. The highest BCUT2D eigenvalue weighted by molar-refractivity contribution is 5.70. The van der Waals surface area contributed by atoms with Crippen molar-refractivity contribution in [3.63, 3.8) is 0 Å². The average Bonchev–Trinajstić information content (AvgIpc) is 3.02. The molecule has 9 heteroatoms. The zero-order valence-electron chi connectivity index (χ0n) is 13.6. The van der Waals surface area contributed by atoms with Crippen LogP contribution >= 0.6 is 0 Å². The van der Waals surface area contributed by atoms with Gasteiger partial charge in [-0.1, -0.05) is 30.3 Å². The number of nitrogens with one attached hydrogen (secondary N) is 1. The van der Waals surface area contributed by atoms with Crippen molar-refractivity contribution >= 4 is 17.1 Å². The van der Waals surface area contributed by atoms with Gasteiger partial charge >= 0.3 is 0 Å². The largest absolute Gasteiger partial charge is 0.374 e. The summed E-state index contributed by atoms with van der Waals surface area (Å²) in [4.78, 5) is 22.3. The lowest BCUT2D eigenvalue weighted by Gasteiger charge is -2.16. The number of benzene rings is 1. The number of hydrogen-bond acceptors (Lipinski definition) is 7.